The molecule has 0 saturated carbocycles. The molecule has 222 valence electrons. The van der Waals surface area contributed by atoms with Crippen molar-refractivity contribution in [1.29, 1.82) is 10.5 Å². The molecule has 0 aliphatic rings. The van der Waals surface area contributed by atoms with E-state index >= 15 is 0 Å². The first-order valence-corrected chi connectivity index (χ1v) is 15.9. The molecule has 7 aromatic carbocycles. The molecule has 2 heterocycles. The Hall–Kier alpha value is -6.88. The van der Waals surface area contributed by atoms with Crippen LogP contribution in [0.3, 0.4) is 0 Å². The summed E-state index contributed by atoms with van der Waals surface area (Å²) in [6.45, 7) is 0. The molecule has 0 saturated heterocycles. The third-order valence-corrected chi connectivity index (χ3v) is 9.42. The fourth-order valence-electron chi connectivity index (χ4n) is 7.15. The number of nitrogens with zero attached hydrogens (tertiary/aromatic N) is 4. The summed E-state index contributed by atoms with van der Waals surface area (Å²) in [6.07, 6.45) is 0. The normalized spacial score (nSPS) is 11.3. The molecule has 0 atom stereocenters. The Morgan fingerprint density at radius 1 is 0.333 bits per heavy atom. The highest BCUT2D eigenvalue weighted by atomic mass is 15.0. The Bertz CT molecular complexity index is 2550. The predicted octanol–water partition coefficient (Wildman–Crippen LogP) is 11.0. The van der Waals surface area contributed by atoms with Gasteiger partial charge in [0.15, 0.2) is 0 Å². The first-order chi connectivity index (χ1) is 23.7. The number of benzene rings is 7. The Balaban J connectivity index is 1.23. The average molecular weight is 611 g/mol. The van der Waals surface area contributed by atoms with E-state index < -0.39 is 0 Å². The van der Waals surface area contributed by atoms with Crippen molar-refractivity contribution in [2.75, 3.05) is 0 Å². The third kappa shape index (κ3) is 4.22. The van der Waals surface area contributed by atoms with Gasteiger partial charge in [0, 0.05) is 32.9 Å². The van der Waals surface area contributed by atoms with E-state index in [2.05, 4.69) is 130 Å². The van der Waals surface area contributed by atoms with Gasteiger partial charge in [0.25, 0.3) is 0 Å². The quantitative estimate of drug-likeness (QED) is 0.199. The third-order valence-electron chi connectivity index (χ3n) is 9.42. The highest BCUT2D eigenvalue weighted by Crippen LogP contribution is 2.42. The SMILES string of the molecule is N#Cc1ccc(-c2ccc(-n3c4ccccc4c4c5c6ccccc6n(-c6ccc(-c7ccc(C#N)cc7)cc6)c5ccc43)cc2)cc1. The summed E-state index contributed by atoms with van der Waals surface area (Å²) in [7, 11) is 0. The molecule has 9 rings (SSSR count). The fourth-order valence-corrected chi connectivity index (χ4v) is 7.15. The smallest absolute Gasteiger partial charge is 0.0991 e. The second-order valence-electron chi connectivity index (χ2n) is 12.0. The van der Waals surface area contributed by atoms with Crippen molar-refractivity contribution in [2.45, 2.75) is 0 Å². The van der Waals surface area contributed by atoms with Gasteiger partial charge < -0.3 is 9.13 Å². The molecule has 0 fully saturated rings. The number of nitriles is 2. The van der Waals surface area contributed by atoms with Gasteiger partial charge in [0.05, 0.1) is 45.3 Å². The standard InChI is InChI=1S/C44H26N4/c45-27-29-9-13-31(14-10-29)33-17-21-35(22-18-33)47-39-7-3-1-5-37(39)43-41(47)25-26-42-44(43)38-6-2-4-8-40(38)48(42)36-23-19-34(20-24-36)32-15-11-30(28-46)12-16-32/h1-26H. The lowest BCUT2D eigenvalue weighted by Crippen LogP contribution is -1.95. The zero-order valence-electron chi connectivity index (χ0n) is 25.8. The van der Waals surface area contributed by atoms with Crippen LogP contribution < -0.4 is 0 Å². The minimum absolute atomic E-state index is 0.661. The van der Waals surface area contributed by atoms with Crippen molar-refractivity contribution in [3.63, 3.8) is 0 Å². The fraction of sp³-hybridized carbons (Fsp3) is 0. The highest BCUT2D eigenvalue weighted by Gasteiger charge is 2.20. The van der Waals surface area contributed by atoms with Crippen LogP contribution in [0.15, 0.2) is 158 Å². The summed E-state index contributed by atoms with van der Waals surface area (Å²) in [5.41, 5.74) is 12.6. The van der Waals surface area contributed by atoms with E-state index in [1.54, 1.807) is 0 Å². The lowest BCUT2D eigenvalue weighted by atomic mass is 10.0. The van der Waals surface area contributed by atoms with Crippen LogP contribution in [0, 0.1) is 22.7 Å². The van der Waals surface area contributed by atoms with Crippen LogP contribution in [-0.4, -0.2) is 9.13 Å². The summed E-state index contributed by atoms with van der Waals surface area (Å²) in [5, 5.41) is 23.3. The van der Waals surface area contributed by atoms with E-state index in [9.17, 15) is 10.5 Å². The van der Waals surface area contributed by atoms with Gasteiger partial charge in [-0.25, -0.2) is 0 Å². The van der Waals surface area contributed by atoms with E-state index in [1.807, 2.05) is 48.5 Å². The summed E-state index contributed by atoms with van der Waals surface area (Å²) >= 11 is 0. The summed E-state index contributed by atoms with van der Waals surface area (Å²) in [5.74, 6) is 0. The zero-order chi connectivity index (χ0) is 32.2. The molecule has 2 aromatic heterocycles. The number of rotatable bonds is 4. The Morgan fingerprint density at radius 2 is 0.667 bits per heavy atom. The number of hydrogen-bond donors (Lipinski definition) is 0. The van der Waals surface area contributed by atoms with Gasteiger partial charge in [-0.3, -0.25) is 0 Å². The van der Waals surface area contributed by atoms with Crippen LogP contribution >= 0.6 is 0 Å². The second kappa shape index (κ2) is 10.9. The molecular formula is C44H26N4. The molecule has 0 radical (unpaired) electrons. The van der Waals surface area contributed by atoms with Gasteiger partial charge in [0.1, 0.15) is 0 Å². The van der Waals surface area contributed by atoms with Crippen molar-refractivity contribution in [3.05, 3.63) is 169 Å². The van der Waals surface area contributed by atoms with E-state index in [0.717, 1.165) is 55.7 Å². The van der Waals surface area contributed by atoms with Gasteiger partial charge in [-0.05, 0) is 95.1 Å². The lowest BCUT2D eigenvalue weighted by Gasteiger charge is -2.11. The zero-order valence-corrected chi connectivity index (χ0v) is 25.8. The van der Waals surface area contributed by atoms with Gasteiger partial charge in [-0.15, -0.1) is 0 Å². The van der Waals surface area contributed by atoms with Crippen LogP contribution in [-0.2, 0) is 0 Å². The van der Waals surface area contributed by atoms with Crippen molar-refractivity contribution in [2.24, 2.45) is 0 Å². The number of hydrogen-bond acceptors (Lipinski definition) is 2. The van der Waals surface area contributed by atoms with Crippen LogP contribution in [0.1, 0.15) is 11.1 Å². The molecule has 48 heavy (non-hydrogen) atoms. The number of fused-ring (bicyclic) bond motifs is 7. The van der Waals surface area contributed by atoms with E-state index in [-0.39, 0.29) is 0 Å². The maximum atomic E-state index is 9.20. The van der Waals surface area contributed by atoms with Crippen molar-refractivity contribution in [3.8, 4) is 45.8 Å². The van der Waals surface area contributed by atoms with Crippen LogP contribution in [0.2, 0.25) is 0 Å². The Labute approximate surface area is 277 Å². The molecule has 0 spiro atoms. The van der Waals surface area contributed by atoms with Crippen LogP contribution in [0.5, 0.6) is 0 Å². The number of para-hydroxylation sites is 2. The van der Waals surface area contributed by atoms with E-state index in [1.165, 1.54) is 21.5 Å². The molecule has 4 heteroatoms. The van der Waals surface area contributed by atoms with Crippen molar-refractivity contribution in [1.82, 2.24) is 9.13 Å². The Kier molecular flexibility index (Phi) is 6.22. The van der Waals surface area contributed by atoms with Crippen LogP contribution in [0.4, 0.5) is 0 Å². The molecule has 0 amide bonds. The molecule has 0 aliphatic heterocycles. The van der Waals surface area contributed by atoms with E-state index in [4.69, 9.17) is 0 Å². The largest absolute Gasteiger partial charge is 0.309 e. The second-order valence-corrected chi connectivity index (χ2v) is 12.0. The molecule has 0 unspecified atom stereocenters. The minimum Gasteiger partial charge on any atom is -0.309 e. The van der Waals surface area contributed by atoms with Gasteiger partial charge in [-0.2, -0.15) is 10.5 Å². The van der Waals surface area contributed by atoms with Gasteiger partial charge in [-0.1, -0.05) is 84.9 Å². The first-order valence-electron chi connectivity index (χ1n) is 15.9. The molecule has 4 nitrogen and oxygen atoms in total. The maximum Gasteiger partial charge on any atom is 0.0991 e. The van der Waals surface area contributed by atoms with Gasteiger partial charge >= 0.3 is 0 Å². The highest BCUT2D eigenvalue weighted by molar-refractivity contribution is 6.28. The first kappa shape index (κ1) is 27.4. The van der Waals surface area contributed by atoms with Crippen molar-refractivity contribution >= 4 is 43.6 Å². The van der Waals surface area contributed by atoms with Crippen molar-refractivity contribution < 1.29 is 0 Å². The lowest BCUT2D eigenvalue weighted by molar-refractivity contribution is 1.17. The monoisotopic (exact) mass is 610 g/mol. The molecular weight excluding hydrogens is 585 g/mol. The van der Waals surface area contributed by atoms with E-state index in [0.29, 0.717) is 11.1 Å². The summed E-state index contributed by atoms with van der Waals surface area (Å²) < 4.78 is 4.73. The summed E-state index contributed by atoms with van der Waals surface area (Å²) in [4.78, 5) is 0. The topological polar surface area (TPSA) is 57.4 Å². The molecule has 9 aromatic rings. The minimum atomic E-state index is 0.661. The maximum absolute atomic E-state index is 9.20. The average Bonchev–Trinajstić information content (AvgIpc) is 3.68. The molecule has 0 aliphatic carbocycles. The number of aromatic nitrogens is 2. The summed E-state index contributed by atoms with van der Waals surface area (Å²) in [6, 6.07) is 59.1. The predicted molar refractivity (Wildman–Crippen MR) is 195 cm³/mol. The molecule has 0 N–H and O–H groups in total. The van der Waals surface area contributed by atoms with Gasteiger partial charge in [0.2, 0.25) is 0 Å². The Morgan fingerprint density at radius 3 is 1.02 bits per heavy atom. The molecule has 0 bridgehead atoms. The van der Waals surface area contributed by atoms with Crippen LogP contribution in [0.25, 0.3) is 77.2 Å².